The summed E-state index contributed by atoms with van der Waals surface area (Å²) in [7, 11) is -3.09. The van der Waals surface area contributed by atoms with E-state index in [1.807, 2.05) is 0 Å². The zero-order chi connectivity index (χ0) is 14.3. The van der Waals surface area contributed by atoms with Crippen LogP contribution in [0.1, 0.15) is 17.8 Å². The minimum Gasteiger partial charge on any atom is -0.378 e. The number of aromatic nitrogens is 2. The van der Waals surface area contributed by atoms with Crippen LogP contribution in [0.25, 0.3) is 0 Å². The number of sulfonamides is 1. The van der Waals surface area contributed by atoms with E-state index in [-0.39, 0.29) is 12.1 Å². The Balaban J connectivity index is 1.71. The third-order valence-corrected chi connectivity index (χ3v) is 5.00. The number of hydrogen-bond acceptors (Lipinski definition) is 7. The van der Waals surface area contributed by atoms with E-state index in [4.69, 9.17) is 9.26 Å². The van der Waals surface area contributed by atoms with Gasteiger partial charge in [-0.25, -0.2) is 8.42 Å². The number of aryl methyl sites for hydroxylation is 1. The first-order valence-corrected chi connectivity index (χ1v) is 8.39. The summed E-state index contributed by atoms with van der Waals surface area (Å²) < 4.78 is 35.1. The lowest BCUT2D eigenvalue weighted by Gasteiger charge is -2.47. The predicted octanol–water partition coefficient (Wildman–Crippen LogP) is -0.605. The smallest absolute Gasteiger partial charge is 0.246 e. The Morgan fingerprint density at radius 3 is 2.70 bits per heavy atom. The standard InChI is InChI=1S/C11H18N4O4S/c1-8-12-11(19-13-8)10-7-18-4-3-15(10)9-5-14(6-9)20(2,16)17/h9-10H,3-7H2,1-2H3. The zero-order valence-corrected chi connectivity index (χ0v) is 12.3. The summed E-state index contributed by atoms with van der Waals surface area (Å²) in [4.78, 5) is 6.47. The first-order chi connectivity index (χ1) is 9.45. The van der Waals surface area contributed by atoms with Gasteiger partial charge in [-0.05, 0) is 6.92 Å². The van der Waals surface area contributed by atoms with Crippen LogP contribution in [0.5, 0.6) is 0 Å². The van der Waals surface area contributed by atoms with Crippen LogP contribution in [-0.2, 0) is 14.8 Å². The van der Waals surface area contributed by atoms with Crippen LogP contribution in [0.4, 0.5) is 0 Å². The van der Waals surface area contributed by atoms with Gasteiger partial charge in [0.25, 0.3) is 0 Å². The van der Waals surface area contributed by atoms with Gasteiger partial charge in [0.2, 0.25) is 15.9 Å². The van der Waals surface area contributed by atoms with Gasteiger partial charge in [0.15, 0.2) is 5.82 Å². The van der Waals surface area contributed by atoms with Crippen LogP contribution < -0.4 is 0 Å². The van der Waals surface area contributed by atoms with Crippen molar-refractivity contribution in [3.63, 3.8) is 0 Å². The molecule has 3 heterocycles. The summed E-state index contributed by atoms with van der Waals surface area (Å²) in [5.41, 5.74) is 0. The molecule has 112 valence electrons. The maximum atomic E-state index is 11.4. The molecule has 2 aliphatic heterocycles. The Labute approximate surface area is 117 Å². The van der Waals surface area contributed by atoms with Crippen molar-refractivity contribution >= 4 is 10.0 Å². The highest BCUT2D eigenvalue weighted by Gasteiger charge is 2.42. The summed E-state index contributed by atoms with van der Waals surface area (Å²) in [6.07, 6.45) is 1.24. The molecule has 0 aromatic carbocycles. The lowest BCUT2D eigenvalue weighted by Crippen LogP contribution is -2.63. The number of ether oxygens (including phenoxy) is 1. The van der Waals surface area contributed by atoms with Gasteiger partial charge in [-0.1, -0.05) is 5.16 Å². The van der Waals surface area contributed by atoms with E-state index in [0.717, 1.165) is 6.54 Å². The van der Waals surface area contributed by atoms with Crippen LogP contribution >= 0.6 is 0 Å². The summed E-state index contributed by atoms with van der Waals surface area (Å²) >= 11 is 0. The van der Waals surface area contributed by atoms with Gasteiger partial charge >= 0.3 is 0 Å². The van der Waals surface area contributed by atoms with Gasteiger partial charge in [-0.15, -0.1) is 0 Å². The largest absolute Gasteiger partial charge is 0.378 e. The third-order valence-electron chi connectivity index (χ3n) is 3.77. The van der Waals surface area contributed by atoms with E-state index in [1.165, 1.54) is 10.6 Å². The summed E-state index contributed by atoms with van der Waals surface area (Å²) in [5.74, 6) is 1.14. The second kappa shape index (κ2) is 5.06. The molecule has 1 aromatic heterocycles. The van der Waals surface area contributed by atoms with E-state index in [0.29, 0.717) is 38.0 Å². The fourth-order valence-corrected chi connectivity index (χ4v) is 3.50. The molecule has 1 aromatic rings. The first kappa shape index (κ1) is 13.9. The van der Waals surface area contributed by atoms with Crippen LogP contribution in [0.2, 0.25) is 0 Å². The Kier molecular flexibility index (Phi) is 3.53. The number of rotatable bonds is 3. The predicted molar refractivity (Wildman–Crippen MR) is 69.5 cm³/mol. The molecule has 2 saturated heterocycles. The highest BCUT2D eigenvalue weighted by Crippen LogP contribution is 2.29. The summed E-state index contributed by atoms with van der Waals surface area (Å²) in [6, 6.07) is 0.0995. The molecule has 1 atom stereocenters. The molecule has 1 unspecified atom stereocenters. The van der Waals surface area contributed by atoms with Crippen LogP contribution in [0.15, 0.2) is 4.52 Å². The van der Waals surface area contributed by atoms with Crippen LogP contribution in [0, 0.1) is 6.92 Å². The molecule has 2 fully saturated rings. The normalized spacial score (nSPS) is 26.6. The van der Waals surface area contributed by atoms with Crippen molar-refractivity contribution in [2.75, 3.05) is 39.1 Å². The Morgan fingerprint density at radius 2 is 2.10 bits per heavy atom. The number of hydrogen-bond donors (Lipinski definition) is 0. The molecule has 0 bridgehead atoms. The molecular weight excluding hydrogens is 284 g/mol. The van der Waals surface area contributed by atoms with Gasteiger partial charge < -0.3 is 9.26 Å². The average Bonchev–Trinajstić information content (AvgIpc) is 2.72. The molecular formula is C11H18N4O4S. The lowest BCUT2D eigenvalue weighted by molar-refractivity contribution is -0.0635. The second-order valence-electron chi connectivity index (χ2n) is 5.24. The zero-order valence-electron chi connectivity index (χ0n) is 11.5. The van der Waals surface area contributed by atoms with E-state index in [1.54, 1.807) is 6.92 Å². The van der Waals surface area contributed by atoms with Gasteiger partial charge in [-0.2, -0.15) is 9.29 Å². The molecule has 8 nitrogen and oxygen atoms in total. The Bertz CT molecular complexity index is 581. The van der Waals surface area contributed by atoms with Gasteiger partial charge in [0.05, 0.1) is 19.5 Å². The van der Waals surface area contributed by atoms with E-state index < -0.39 is 10.0 Å². The summed E-state index contributed by atoms with van der Waals surface area (Å²) in [6.45, 7) is 4.69. The van der Waals surface area contributed by atoms with E-state index in [2.05, 4.69) is 15.0 Å². The molecule has 0 aliphatic carbocycles. The maximum absolute atomic E-state index is 11.4. The topological polar surface area (TPSA) is 88.8 Å². The highest BCUT2D eigenvalue weighted by molar-refractivity contribution is 7.88. The average molecular weight is 302 g/mol. The second-order valence-corrected chi connectivity index (χ2v) is 7.22. The maximum Gasteiger partial charge on any atom is 0.246 e. The molecule has 0 saturated carbocycles. The van der Waals surface area contributed by atoms with Crippen molar-refractivity contribution < 1.29 is 17.7 Å². The Hall–Kier alpha value is -1.03. The molecule has 3 rings (SSSR count). The fourth-order valence-electron chi connectivity index (χ4n) is 2.61. The van der Waals surface area contributed by atoms with Crippen molar-refractivity contribution in [1.29, 1.82) is 0 Å². The van der Waals surface area contributed by atoms with Crippen LogP contribution in [-0.4, -0.2) is 72.9 Å². The molecule has 0 radical (unpaired) electrons. The SMILES string of the molecule is Cc1noc(C2COCCN2C2CN(S(C)(=O)=O)C2)n1. The third kappa shape index (κ3) is 2.58. The minimum atomic E-state index is -3.09. The highest BCUT2D eigenvalue weighted by atomic mass is 32.2. The van der Waals surface area contributed by atoms with Crippen molar-refractivity contribution in [2.24, 2.45) is 0 Å². The quantitative estimate of drug-likeness (QED) is 0.736. The molecule has 0 amide bonds. The van der Waals surface area contributed by atoms with Gasteiger partial charge in [0.1, 0.15) is 6.04 Å². The van der Waals surface area contributed by atoms with Crippen LogP contribution in [0.3, 0.4) is 0 Å². The number of nitrogens with zero attached hydrogens (tertiary/aromatic N) is 4. The van der Waals surface area contributed by atoms with Gasteiger partial charge in [-0.3, -0.25) is 4.90 Å². The molecule has 9 heteroatoms. The first-order valence-electron chi connectivity index (χ1n) is 6.54. The van der Waals surface area contributed by atoms with Crippen molar-refractivity contribution in [3.05, 3.63) is 11.7 Å². The minimum absolute atomic E-state index is 0.0864. The van der Waals surface area contributed by atoms with E-state index >= 15 is 0 Å². The van der Waals surface area contributed by atoms with E-state index in [9.17, 15) is 8.42 Å². The Morgan fingerprint density at radius 1 is 1.35 bits per heavy atom. The molecule has 0 spiro atoms. The monoisotopic (exact) mass is 302 g/mol. The fraction of sp³-hybridized carbons (Fsp3) is 0.818. The number of morpholine rings is 1. The van der Waals surface area contributed by atoms with Crippen molar-refractivity contribution in [3.8, 4) is 0 Å². The molecule has 0 N–H and O–H groups in total. The van der Waals surface area contributed by atoms with Crippen molar-refractivity contribution in [2.45, 2.75) is 19.0 Å². The van der Waals surface area contributed by atoms with Gasteiger partial charge in [0, 0.05) is 25.7 Å². The molecule has 2 aliphatic rings. The lowest BCUT2D eigenvalue weighted by atomic mass is 10.1. The van der Waals surface area contributed by atoms with Crippen molar-refractivity contribution in [1.82, 2.24) is 19.3 Å². The summed E-state index contributed by atoms with van der Waals surface area (Å²) in [5, 5.41) is 3.81. The molecule has 20 heavy (non-hydrogen) atoms.